The molecule has 0 bridgehead atoms. The molecule has 0 heterocycles. The van der Waals surface area contributed by atoms with Crippen LogP contribution in [0.3, 0.4) is 0 Å². The third-order valence-corrected chi connectivity index (χ3v) is 4.16. The van der Waals surface area contributed by atoms with Crippen molar-refractivity contribution in [2.75, 3.05) is 7.11 Å². The SMILES string of the molecule is CCc1ccc(Sc2ccc(C(=O)OC)cc2)c(C#N)c1. The highest BCUT2D eigenvalue weighted by Crippen LogP contribution is 2.31. The molecule has 0 atom stereocenters. The van der Waals surface area contributed by atoms with Crippen LogP contribution in [-0.4, -0.2) is 13.1 Å². The van der Waals surface area contributed by atoms with Gasteiger partial charge in [0, 0.05) is 9.79 Å². The summed E-state index contributed by atoms with van der Waals surface area (Å²) in [5.41, 5.74) is 2.34. The van der Waals surface area contributed by atoms with Crippen LogP contribution in [0.2, 0.25) is 0 Å². The minimum absolute atomic E-state index is 0.350. The zero-order valence-corrected chi connectivity index (χ0v) is 12.7. The average Bonchev–Trinajstić information content (AvgIpc) is 2.55. The van der Waals surface area contributed by atoms with Crippen molar-refractivity contribution in [3.05, 3.63) is 59.2 Å². The molecule has 0 aliphatic carbocycles. The Bertz CT molecular complexity index is 687. The monoisotopic (exact) mass is 297 g/mol. The highest BCUT2D eigenvalue weighted by atomic mass is 32.2. The predicted octanol–water partition coefficient (Wildman–Crippen LogP) is 4.06. The van der Waals surface area contributed by atoms with E-state index in [9.17, 15) is 10.1 Å². The number of aryl methyl sites for hydroxylation is 1. The normalized spacial score (nSPS) is 9.95. The molecule has 0 N–H and O–H groups in total. The summed E-state index contributed by atoms with van der Waals surface area (Å²) >= 11 is 1.51. The molecule has 3 nitrogen and oxygen atoms in total. The number of methoxy groups -OCH3 is 1. The van der Waals surface area contributed by atoms with Crippen LogP contribution in [0.1, 0.15) is 28.4 Å². The number of benzene rings is 2. The quantitative estimate of drug-likeness (QED) is 0.799. The van der Waals surface area contributed by atoms with Gasteiger partial charge in [0.25, 0.3) is 0 Å². The number of carbonyl (C=O) groups is 1. The van der Waals surface area contributed by atoms with Crippen molar-refractivity contribution in [3.8, 4) is 6.07 Å². The van der Waals surface area contributed by atoms with E-state index in [2.05, 4.69) is 17.7 Å². The van der Waals surface area contributed by atoms with Gasteiger partial charge in [-0.15, -0.1) is 0 Å². The number of nitriles is 1. The van der Waals surface area contributed by atoms with E-state index in [1.165, 1.54) is 18.9 Å². The van der Waals surface area contributed by atoms with Gasteiger partial charge in [0.2, 0.25) is 0 Å². The van der Waals surface area contributed by atoms with Gasteiger partial charge < -0.3 is 4.74 Å². The van der Waals surface area contributed by atoms with Gasteiger partial charge in [-0.25, -0.2) is 4.79 Å². The van der Waals surface area contributed by atoms with Crippen LogP contribution < -0.4 is 0 Å². The van der Waals surface area contributed by atoms with Crippen molar-refractivity contribution in [3.63, 3.8) is 0 Å². The lowest BCUT2D eigenvalue weighted by atomic mass is 10.1. The smallest absolute Gasteiger partial charge is 0.337 e. The lowest BCUT2D eigenvalue weighted by molar-refractivity contribution is 0.0600. The standard InChI is InChI=1S/C17H15NO2S/c1-3-12-4-9-16(14(10-12)11-18)21-15-7-5-13(6-8-15)17(19)20-2/h4-10H,3H2,1-2H3. The lowest BCUT2D eigenvalue weighted by Gasteiger charge is -2.06. The Morgan fingerprint density at radius 3 is 2.52 bits per heavy atom. The van der Waals surface area contributed by atoms with Crippen molar-refractivity contribution in [1.82, 2.24) is 0 Å². The molecule has 2 rings (SSSR count). The first kappa shape index (κ1) is 15.1. The fourth-order valence-corrected chi connectivity index (χ4v) is 2.75. The summed E-state index contributed by atoms with van der Waals surface area (Å²) in [5, 5.41) is 9.24. The van der Waals surface area contributed by atoms with Gasteiger partial charge in [-0.1, -0.05) is 24.8 Å². The fourth-order valence-electron chi connectivity index (χ4n) is 1.88. The first-order chi connectivity index (χ1) is 10.2. The molecule has 0 radical (unpaired) electrons. The number of esters is 1. The summed E-state index contributed by atoms with van der Waals surface area (Å²) < 4.78 is 4.67. The van der Waals surface area contributed by atoms with E-state index >= 15 is 0 Å². The number of nitrogens with zero attached hydrogens (tertiary/aromatic N) is 1. The number of carbonyl (C=O) groups excluding carboxylic acids is 1. The molecule has 2 aromatic rings. The first-order valence-corrected chi connectivity index (χ1v) is 7.38. The van der Waals surface area contributed by atoms with Crippen molar-refractivity contribution in [1.29, 1.82) is 5.26 Å². The lowest BCUT2D eigenvalue weighted by Crippen LogP contribution is -2.00. The zero-order chi connectivity index (χ0) is 15.2. The van der Waals surface area contributed by atoms with Crippen LogP contribution in [0.15, 0.2) is 52.3 Å². The van der Waals surface area contributed by atoms with Gasteiger partial charge >= 0.3 is 5.97 Å². The third kappa shape index (κ3) is 3.65. The van der Waals surface area contributed by atoms with Crippen molar-refractivity contribution in [2.45, 2.75) is 23.1 Å². The number of rotatable bonds is 4. The van der Waals surface area contributed by atoms with Gasteiger partial charge in [0.1, 0.15) is 6.07 Å². The minimum Gasteiger partial charge on any atom is -0.465 e. The topological polar surface area (TPSA) is 50.1 Å². The van der Waals surface area contributed by atoms with Gasteiger partial charge in [0.15, 0.2) is 0 Å². The highest BCUT2D eigenvalue weighted by molar-refractivity contribution is 7.99. The molecular formula is C17H15NO2S. The van der Waals surface area contributed by atoms with Gasteiger partial charge in [-0.2, -0.15) is 5.26 Å². The van der Waals surface area contributed by atoms with Crippen LogP contribution in [0.5, 0.6) is 0 Å². The number of ether oxygens (including phenoxy) is 1. The van der Waals surface area contributed by atoms with Crippen molar-refractivity contribution in [2.24, 2.45) is 0 Å². The second kappa shape index (κ2) is 6.96. The molecule has 0 saturated carbocycles. The largest absolute Gasteiger partial charge is 0.465 e. The predicted molar refractivity (Wildman–Crippen MR) is 82.4 cm³/mol. The van der Waals surface area contributed by atoms with Crippen LogP contribution in [-0.2, 0) is 11.2 Å². The molecule has 4 heteroatoms. The summed E-state index contributed by atoms with van der Waals surface area (Å²) in [6, 6.07) is 15.3. The number of hydrogen-bond donors (Lipinski definition) is 0. The van der Waals surface area contributed by atoms with Crippen LogP contribution >= 0.6 is 11.8 Å². The number of hydrogen-bond acceptors (Lipinski definition) is 4. The maximum Gasteiger partial charge on any atom is 0.337 e. The zero-order valence-electron chi connectivity index (χ0n) is 11.9. The average molecular weight is 297 g/mol. The van der Waals surface area contributed by atoms with E-state index in [-0.39, 0.29) is 5.97 Å². The Morgan fingerprint density at radius 2 is 1.95 bits per heavy atom. The maximum absolute atomic E-state index is 11.4. The molecule has 106 valence electrons. The molecule has 2 aromatic carbocycles. The second-order valence-electron chi connectivity index (χ2n) is 4.41. The van der Waals surface area contributed by atoms with Gasteiger partial charge in [-0.3, -0.25) is 0 Å². The molecule has 0 amide bonds. The molecule has 0 fully saturated rings. The summed E-state index contributed by atoms with van der Waals surface area (Å²) in [6.07, 6.45) is 0.910. The Morgan fingerprint density at radius 1 is 1.24 bits per heavy atom. The van der Waals surface area contributed by atoms with Crippen molar-refractivity contribution >= 4 is 17.7 Å². The summed E-state index contributed by atoms with van der Waals surface area (Å²) in [6.45, 7) is 2.06. The van der Waals surface area contributed by atoms with E-state index in [0.29, 0.717) is 11.1 Å². The second-order valence-corrected chi connectivity index (χ2v) is 5.53. The van der Waals surface area contributed by atoms with E-state index in [1.54, 1.807) is 12.1 Å². The van der Waals surface area contributed by atoms with Gasteiger partial charge in [0.05, 0.1) is 18.2 Å². The van der Waals surface area contributed by atoms with E-state index in [0.717, 1.165) is 21.8 Å². The van der Waals surface area contributed by atoms with Crippen LogP contribution in [0.4, 0.5) is 0 Å². The van der Waals surface area contributed by atoms with E-state index in [1.807, 2.05) is 30.3 Å². The summed E-state index contributed by atoms with van der Waals surface area (Å²) in [5.74, 6) is -0.350. The summed E-state index contributed by atoms with van der Waals surface area (Å²) in [7, 11) is 1.36. The van der Waals surface area contributed by atoms with E-state index < -0.39 is 0 Å². The summed E-state index contributed by atoms with van der Waals surface area (Å²) in [4.78, 5) is 13.3. The van der Waals surface area contributed by atoms with Crippen LogP contribution in [0, 0.1) is 11.3 Å². The van der Waals surface area contributed by atoms with Gasteiger partial charge in [-0.05, 0) is 48.4 Å². The Balaban J connectivity index is 2.22. The minimum atomic E-state index is -0.350. The molecule has 0 unspecified atom stereocenters. The molecule has 0 aliphatic heterocycles. The Kier molecular flexibility index (Phi) is 5.02. The van der Waals surface area contributed by atoms with Crippen LogP contribution in [0.25, 0.3) is 0 Å². The molecular weight excluding hydrogens is 282 g/mol. The molecule has 0 spiro atoms. The van der Waals surface area contributed by atoms with E-state index in [4.69, 9.17) is 0 Å². The third-order valence-electron chi connectivity index (χ3n) is 3.08. The molecule has 21 heavy (non-hydrogen) atoms. The molecule has 0 aliphatic rings. The molecule has 0 saturated heterocycles. The molecule has 0 aromatic heterocycles. The fraction of sp³-hybridized carbons (Fsp3) is 0.176. The Labute approximate surface area is 128 Å². The first-order valence-electron chi connectivity index (χ1n) is 6.57. The maximum atomic E-state index is 11.4. The highest BCUT2D eigenvalue weighted by Gasteiger charge is 2.08. The Hall–Kier alpha value is -2.25. The van der Waals surface area contributed by atoms with Crippen molar-refractivity contribution < 1.29 is 9.53 Å².